The second-order valence-electron chi connectivity index (χ2n) is 2.65. The molecule has 0 aliphatic heterocycles. The summed E-state index contributed by atoms with van der Waals surface area (Å²) in [5.74, 6) is 0. The van der Waals surface area contributed by atoms with Crippen molar-refractivity contribution in [2.24, 2.45) is 7.05 Å². The van der Waals surface area contributed by atoms with Gasteiger partial charge in [0.15, 0.2) is 0 Å². The number of hydrogen-bond donors (Lipinski definition) is 0. The molecule has 0 fully saturated rings. The quantitative estimate of drug-likeness (QED) is 0.731. The second-order valence-corrected chi connectivity index (χ2v) is 5.19. The van der Waals surface area contributed by atoms with E-state index >= 15 is 0 Å². The minimum atomic E-state index is -3.73. The van der Waals surface area contributed by atoms with Crippen LogP contribution in [0.1, 0.15) is 12.6 Å². The van der Waals surface area contributed by atoms with Gasteiger partial charge >= 0.3 is 0 Å². The lowest BCUT2D eigenvalue weighted by molar-refractivity contribution is 0.126. The van der Waals surface area contributed by atoms with Crippen LogP contribution in [0.4, 0.5) is 0 Å². The average molecular weight is 239 g/mol. The van der Waals surface area contributed by atoms with Crippen LogP contribution in [0.25, 0.3) is 0 Å². The molecule has 0 unspecified atom stereocenters. The van der Waals surface area contributed by atoms with Crippen molar-refractivity contribution in [1.29, 1.82) is 0 Å². The van der Waals surface area contributed by atoms with E-state index in [1.54, 1.807) is 7.05 Å². The summed E-state index contributed by atoms with van der Waals surface area (Å²) in [7, 11) is 3.12. The number of rotatable bonds is 4. The first-order valence-electron chi connectivity index (χ1n) is 4.00. The molecule has 80 valence electrons. The van der Waals surface area contributed by atoms with Crippen LogP contribution in [0.5, 0.6) is 0 Å². The molecule has 0 aliphatic rings. The highest BCUT2D eigenvalue weighted by atomic mass is 35.7. The van der Waals surface area contributed by atoms with E-state index in [-0.39, 0.29) is 11.5 Å². The summed E-state index contributed by atoms with van der Waals surface area (Å²) < 4.78 is 28.7. The number of ether oxygens (including phenoxy) is 1. The highest BCUT2D eigenvalue weighted by molar-refractivity contribution is 8.13. The fourth-order valence-corrected chi connectivity index (χ4v) is 2.04. The molecule has 1 aromatic heterocycles. The Labute approximate surface area is 87.0 Å². The van der Waals surface area contributed by atoms with Gasteiger partial charge in [0.25, 0.3) is 9.05 Å². The minimum Gasteiger partial charge on any atom is -0.375 e. The molecule has 0 aromatic carbocycles. The van der Waals surface area contributed by atoms with Crippen molar-refractivity contribution in [2.75, 3.05) is 6.61 Å². The first-order chi connectivity index (χ1) is 6.46. The molecule has 5 nitrogen and oxygen atoms in total. The molecule has 0 bridgehead atoms. The van der Waals surface area contributed by atoms with Gasteiger partial charge in [0.1, 0.15) is 4.90 Å². The predicted molar refractivity (Wildman–Crippen MR) is 51.6 cm³/mol. The van der Waals surface area contributed by atoms with Gasteiger partial charge in [0, 0.05) is 24.3 Å². The van der Waals surface area contributed by atoms with E-state index in [0.717, 1.165) is 0 Å². The Kier molecular flexibility index (Phi) is 3.52. The zero-order valence-corrected chi connectivity index (χ0v) is 9.47. The highest BCUT2D eigenvalue weighted by Gasteiger charge is 2.19. The SMILES string of the molecule is CCOCc1c(S(=O)(=O)Cl)cnn1C. The molecule has 0 amide bonds. The van der Waals surface area contributed by atoms with Gasteiger partial charge in [-0.1, -0.05) is 0 Å². The molecule has 0 saturated heterocycles. The Hall–Kier alpha value is -0.590. The third-order valence-electron chi connectivity index (χ3n) is 1.73. The Morgan fingerprint density at radius 3 is 2.79 bits per heavy atom. The Morgan fingerprint density at radius 2 is 2.29 bits per heavy atom. The van der Waals surface area contributed by atoms with Crippen LogP contribution in [-0.4, -0.2) is 24.8 Å². The molecule has 0 spiro atoms. The third kappa shape index (κ3) is 2.46. The van der Waals surface area contributed by atoms with Gasteiger partial charge in [-0.3, -0.25) is 4.68 Å². The molecule has 0 atom stereocenters. The molecule has 7 heteroatoms. The third-order valence-corrected chi connectivity index (χ3v) is 3.09. The van der Waals surface area contributed by atoms with E-state index in [0.29, 0.717) is 12.3 Å². The van der Waals surface area contributed by atoms with Gasteiger partial charge in [-0.15, -0.1) is 0 Å². The van der Waals surface area contributed by atoms with Crippen molar-refractivity contribution in [2.45, 2.75) is 18.4 Å². The van der Waals surface area contributed by atoms with Crippen LogP contribution >= 0.6 is 10.7 Å². The van der Waals surface area contributed by atoms with Crippen molar-refractivity contribution < 1.29 is 13.2 Å². The fourth-order valence-electron chi connectivity index (χ4n) is 1.01. The normalized spacial score (nSPS) is 11.9. The van der Waals surface area contributed by atoms with E-state index in [9.17, 15) is 8.42 Å². The molecule has 14 heavy (non-hydrogen) atoms. The maximum Gasteiger partial charge on any atom is 0.264 e. The van der Waals surface area contributed by atoms with Crippen LogP contribution in [-0.2, 0) is 27.4 Å². The summed E-state index contributed by atoms with van der Waals surface area (Å²) in [5.41, 5.74) is 0.460. The predicted octanol–water partition coefficient (Wildman–Crippen LogP) is 0.884. The van der Waals surface area contributed by atoms with E-state index in [1.807, 2.05) is 6.92 Å². The van der Waals surface area contributed by atoms with Crippen molar-refractivity contribution >= 4 is 19.7 Å². The Balaban J connectivity index is 3.07. The summed E-state index contributed by atoms with van der Waals surface area (Å²) in [6.45, 7) is 2.52. The van der Waals surface area contributed by atoms with Gasteiger partial charge in [-0.25, -0.2) is 8.42 Å². The molecule has 1 heterocycles. The van der Waals surface area contributed by atoms with Gasteiger partial charge in [-0.05, 0) is 6.92 Å². The van der Waals surface area contributed by atoms with Crippen molar-refractivity contribution in [3.63, 3.8) is 0 Å². The first-order valence-corrected chi connectivity index (χ1v) is 6.31. The Morgan fingerprint density at radius 1 is 1.64 bits per heavy atom. The summed E-state index contributed by atoms with van der Waals surface area (Å²) >= 11 is 0. The number of halogens is 1. The number of aromatic nitrogens is 2. The monoisotopic (exact) mass is 238 g/mol. The Bertz CT molecular complexity index is 413. The summed E-state index contributed by atoms with van der Waals surface area (Å²) in [6.07, 6.45) is 1.22. The fraction of sp³-hybridized carbons (Fsp3) is 0.571. The first kappa shape index (κ1) is 11.5. The standard InChI is InChI=1S/C7H11ClN2O3S/c1-3-13-5-6-7(14(8,11)12)4-9-10(6)2/h4H,3,5H2,1-2H3. The molecule has 0 radical (unpaired) electrons. The molecular weight excluding hydrogens is 228 g/mol. The highest BCUT2D eigenvalue weighted by Crippen LogP contribution is 2.19. The zero-order valence-electron chi connectivity index (χ0n) is 7.90. The molecule has 1 aromatic rings. The summed E-state index contributed by atoms with van der Waals surface area (Å²) in [6, 6.07) is 0. The van der Waals surface area contributed by atoms with Crippen LogP contribution in [0.2, 0.25) is 0 Å². The largest absolute Gasteiger partial charge is 0.375 e. The van der Waals surface area contributed by atoms with Crippen molar-refractivity contribution in [1.82, 2.24) is 9.78 Å². The molecular formula is C7H11ClN2O3S. The molecule has 0 saturated carbocycles. The molecule has 0 N–H and O–H groups in total. The van der Waals surface area contributed by atoms with E-state index in [4.69, 9.17) is 15.4 Å². The molecule has 0 aliphatic carbocycles. The molecule has 1 rings (SSSR count). The lowest BCUT2D eigenvalue weighted by Crippen LogP contribution is -2.04. The van der Waals surface area contributed by atoms with Crippen LogP contribution in [0, 0.1) is 0 Å². The van der Waals surface area contributed by atoms with Crippen molar-refractivity contribution in [3.05, 3.63) is 11.9 Å². The van der Waals surface area contributed by atoms with Gasteiger partial charge in [0.05, 0.1) is 18.5 Å². The van der Waals surface area contributed by atoms with E-state index in [2.05, 4.69) is 5.10 Å². The van der Waals surface area contributed by atoms with Crippen LogP contribution in [0.15, 0.2) is 11.1 Å². The average Bonchev–Trinajstić information content (AvgIpc) is 2.42. The van der Waals surface area contributed by atoms with E-state index < -0.39 is 9.05 Å². The van der Waals surface area contributed by atoms with Crippen LogP contribution < -0.4 is 0 Å². The number of aryl methyl sites for hydroxylation is 1. The van der Waals surface area contributed by atoms with Gasteiger partial charge < -0.3 is 4.74 Å². The minimum absolute atomic E-state index is 0.00937. The topological polar surface area (TPSA) is 61.2 Å². The zero-order chi connectivity index (χ0) is 10.8. The summed E-state index contributed by atoms with van der Waals surface area (Å²) in [5, 5.41) is 3.81. The van der Waals surface area contributed by atoms with Crippen molar-refractivity contribution in [3.8, 4) is 0 Å². The number of hydrogen-bond acceptors (Lipinski definition) is 4. The maximum atomic E-state index is 11.1. The maximum absolute atomic E-state index is 11.1. The second kappa shape index (κ2) is 4.29. The smallest absolute Gasteiger partial charge is 0.264 e. The lowest BCUT2D eigenvalue weighted by atomic mass is 10.4. The van der Waals surface area contributed by atoms with Gasteiger partial charge in [-0.2, -0.15) is 5.10 Å². The number of nitrogens with zero attached hydrogens (tertiary/aromatic N) is 2. The van der Waals surface area contributed by atoms with E-state index in [1.165, 1.54) is 10.9 Å². The lowest BCUT2D eigenvalue weighted by Gasteiger charge is -2.03. The van der Waals surface area contributed by atoms with Gasteiger partial charge in [0.2, 0.25) is 0 Å². The summed E-state index contributed by atoms with van der Waals surface area (Å²) in [4.78, 5) is 0.00937. The van der Waals surface area contributed by atoms with Crippen LogP contribution in [0.3, 0.4) is 0 Å².